The maximum atomic E-state index is 3.66. The fourth-order valence-corrected chi connectivity index (χ4v) is 3.90. The Morgan fingerprint density at radius 2 is 1.80 bits per heavy atom. The number of hydrogen-bond donors (Lipinski definition) is 1. The number of nitrogens with zero attached hydrogens (tertiary/aromatic N) is 2. The van der Waals surface area contributed by atoms with E-state index in [2.05, 4.69) is 42.8 Å². The minimum Gasteiger partial charge on any atom is -0.313 e. The van der Waals surface area contributed by atoms with Gasteiger partial charge in [-0.3, -0.25) is 4.90 Å². The molecule has 1 unspecified atom stereocenters. The zero-order valence-electron chi connectivity index (χ0n) is 14.1. The van der Waals surface area contributed by atoms with E-state index < -0.39 is 0 Å². The van der Waals surface area contributed by atoms with Gasteiger partial charge in [0, 0.05) is 31.2 Å². The molecule has 2 heterocycles. The molecule has 0 aliphatic carbocycles. The first-order valence-electron chi connectivity index (χ1n) is 8.77. The largest absolute Gasteiger partial charge is 0.313 e. The Morgan fingerprint density at radius 3 is 2.30 bits per heavy atom. The lowest BCUT2D eigenvalue weighted by Crippen LogP contribution is -2.51. The van der Waals surface area contributed by atoms with E-state index in [-0.39, 0.29) is 0 Å². The van der Waals surface area contributed by atoms with Gasteiger partial charge in [-0.2, -0.15) is 0 Å². The van der Waals surface area contributed by atoms with E-state index in [4.69, 9.17) is 0 Å². The van der Waals surface area contributed by atoms with E-state index in [0.717, 1.165) is 18.0 Å². The molecule has 0 amide bonds. The highest BCUT2D eigenvalue weighted by atomic mass is 15.2. The van der Waals surface area contributed by atoms with Crippen LogP contribution in [0.1, 0.15) is 53.4 Å². The highest BCUT2D eigenvalue weighted by Gasteiger charge is 2.28. The third-order valence-corrected chi connectivity index (χ3v) is 4.91. The fraction of sp³-hybridized carbons (Fsp3) is 1.00. The van der Waals surface area contributed by atoms with Crippen molar-refractivity contribution in [2.24, 2.45) is 5.92 Å². The van der Waals surface area contributed by atoms with Crippen molar-refractivity contribution in [3.63, 3.8) is 0 Å². The lowest BCUT2D eigenvalue weighted by molar-refractivity contribution is 0.0736. The van der Waals surface area contributed by atoms with Gasteiger partial charge in [0.2, 0.25) is 0 Å². The summed E-state index contributed by atoms with van der Waals surface area (Å²) in [6.45, 7) is 15.8. The topological polar surface area (TPSA) is 18.5 Å². The van der Waals surface area contributed by atoms with Crippen molar-refractivity contribution in [2.75, 3.05) is 32.7 Å². The van der Waals surface area contributed by atoms with Gasteiger partial charge in [-0.15, -0.1) is 0 Å². The Balaban J connectivity index is 1.81. The van der Waals surface area contributed by atoms with Crippen LogP contribution in [0.3, 0.4) is 0 Å². The van der Waals surface area contributed by atoms with Crippen molar-refractivity contribution in [3.8, 4) is 0 Å². The minimum absolute atomic E-state index is 0.680. The van der Waals surface area contributed by atoms with E-state index in [9.17, 15) is 0 Å². The lowest BCUT2D eigenvalue weighted by atomic mass is 9.99. The molecule has 1 atom stereocenters. The van der Waals surface area contributed by atoms with Crippen LogP contribution in [-0.2, 0) is 0 Å². The van der Waals surface area contributed by atoms with Gasteiger partial charge in [-0.05, 0) is 65.1 Å². The Morgan fingerprint density at radius 1 is 1.10 bits per heavy atom. The van der Waals surface area contributed by atoms with E-state index in [1.807, 2.05) is 0 Å². The van der Waals surface area contributed by atoms with Crippen LogP contribution in [0.5, 0.6) is 0 Å². The first-order valence-corrected chi connectivity index (χ1v) is 8.77. The summed E-state index contributed by atoms with van der Waals surface area (Å²) in [6.07, 6.45) is 5.45. The summed E-state index contributed by atoms with van der Waals surface area (Å²) >= 11 is 0. The molecule has 0 aromatic heterocycles. The summed E-state index contributed by atoms with van der Waals surface area (Å²) in [7, 11) is 0. The van der Waals surface area contributed by atoms with Crippen LogP contribution in [0.4, 0.5) is 0 Å². The third kappa shape index (κ3) is 4.71. The minimum atomic E-state index is 0.680. The average molecular weight is 281 g/mol. The van der Waals surface area contributed by atoms with Gasteiger partial charge in [0.05, 0.1) is 0 Å². The second-order valence-corrected chi connectivity index (χ2v) is 7.51. The molecule has 0 spiro atoms. The molecule has 1 N–H and O–H groups in total. The zero-order chi connectivity index (χ0) is 14.5. The van der Waals surface area contributed by atoms with Gasteiger partial charge in [0.1, 0.15) is 0 Å². The Labute approximate surface area is 126 Å². The third-order valence-electron chi connectivity index (χ3n) is 4.91. The molecule has 2 aliphatic heterocycles. The molecule has 0 saturated carbocycles. The first-order chi connectivity index (χ1) is 9.56. The second-order valence-electron chi connectivity index (χ2n) is 7.51. The maximum absolute atomic E-state index is 3.66. The van der Waals surface area contributed by atoms with E-state index in [1.165, 1.54) is 58.4 Å². The number of likely N-dealkylation sites (tertiary alicyclic amines) is 1. The van der Waals surface area contributed by atoms with E-state index >= 15 is 0 Å². The monoisotopic (exact) mass is 281 g/mol. The van der Waals surface area contributed by atoms with Crippen LogP contribution in [0.2, 0.25) is 0 Å². The van der Waals surface area contributed by atoms with Crippen molar-refractivity contribution < 1.29 is 0 Å². The Bertz CT molecular complexity index is 263. The Kier molecular flexibility index (Phi) is 6.31. The van der Waals surface area contributed by atoms with Gasteiger partial charge in [0.15, 0.2) is 0 Å². The van der Waals surface area contributed by atoms with E-state index in [1.54, 1.807) is 0 Å². The lowest BCUT2D eigenvalue weighted by Gasteiger charge is -2.42. The molecule has 3 heteroatoms. The van der Waals surface area contributed by atoms with Crippen LogP contribution in [0.25, 0.3) is 0 Å². The summed E-state index contributed by atoms with van der Waals surface area (Å²) < 4.78 is 0. The summed E-state index contributed by atoms with van der Waals surface area (Å²) in [4.78, 5) is 5.43. The molecule has 118 valence electrons. The van der Waals surface area contributed by atoms with Gasteiger partial charge >= 0.3 is 0 Å². The van der Waals surface area contributed by atoms with Crippen LogP contribution < -0.4 is 5.32 Å². The quantitative estimate of drug-likeness (QED) is 0.807. The number of piperidine rings is 1. The molecule has 2 fully saturated rings. The molecule has 2 rings (SSSR count). The molecule has 2 saturated heterocycles. The van der Waals surface area contributed by atoms with Gasteiger partial charge < -0.3 is 10.2 Å². The highest BCUT2D eigenvalue weighted by molar-refractivity contribution is 4.86. The van der Waals surface area contributed by atoms with Crippen molar-refractivity contribution in [3.05, 3.63) is 0 Å². The van der Waals surface area contributed by atoms with Crippen LogP contribution in [0, 0.1) is 5.92 Å². The summed E-state index contributed by atoms with van der Waals surface area (Å²) in [5.41, 5.74) is 0. The van der Waals surface area contributed by atoms with Crippen molar-refractivity contribution in [2.45, 2.75) is 71.5 Å². The van der Waals surface area contributed by atoms with Gasteiger partial charge in [-0.25, -0.2) is 0 Å². The molecule has 0 radical (unpaired) electrons. The number of hydrogen-bond acceptors (Lipinski definition) is 3. The molecular formula is C17H35N3. The van der Waals surface area contributed by atoms with Crippen molar-refractivity contribution in [1.82, 2.24) is 15.1 Å². The van der Waals surface area contributed by atoms with Crippen molar-refractivity contribution >= 4 is 0 Å². The van der Waals surface area contributed by atoms with Gasteiger partial charge in [0.25, 0.3) is 0 Å². The average Bonchev–Trinajstić information content (AvgIpc) is 2.89. The standard InChI is InChI=1S/C17H35N3/c1-14(2)12-19-10-7-17(8-11-19)20(15(3)4)13-16-6-5-9-18-16/h14-18H,5-13H2,1-4H3. The molecule has 20 heavy (non-hydrogen) atoms. The zero-order valence-corrected chi connectivity index (χ0v) is 14.1. The van der Waals surface area contributed by atoms with Crippen LogP contribution >= 0.6 is 0 Å². The molecule has 0 aromatic carbocycles. The van der Waals surface area contributed by atoms with E-state index in [0.29, 0.717) is 6.04 Å². The van der Waals surface area contributed by atoms with Crippen molar-refractivity contribution in [1.29, 1.82) is 0 Å². The molecular weight excluding hydrogens is 246 g/mol. The molecule has 2 aliphatic rings. The van der Waals surface area contributed by atoms with Crippen LogP contribution in [0.15, 0.2) is 0 Å². The van der Waals surface area contributed by atoms with Gasteiger partial charge in [-0.1, -0.05) is 13.8 Å². The highest BCUT2D eigenvalue weighted by Crippen LogP contribution is 2.21. The Hall–Kier alpha value is -0.120. The predicted molar refractivity (Wildman–Crippen MR) is 87.2 cm³/mol. The number of nitrogens with one attached hydrogen (secondary N) is 1. The maximum Gasteiger partial charge on any atom is 0.0195 e. The normalized spacial score (nSPS) is 26.2. The summed E-state index contributed by atoms with van der Waals surface area (Å²) in [6, 6.07) is 2.23. The molecule has 0 bridgehead atoms. The molecule has 3 nitrogen and oxygen atoms in total. The number of rotatable bonds is 6. The second kappa shape index (κ2) is 7.77. The van der Waals surface area contributed by atoms with Crippen LogP contribution in [-0.4, -0.2) is 60.6 Å². The summed E-state index contributed by atoms with van der Waals surface area (Å²) in [5.74, 6) is 0.801. The SMILES string of the molecule is CC(C)CN1CCC(N(CC2CCCN2)C(C)C)CC1. The predicted octanol–water partition coefficient (Wildman–Crippen LogP) is 2.57. The fourth-order valence-electron chi connectivity index (χ4n) is 3.90. The first kappa shape index (κ1) is 16.3. The smallest absolute Gasteiger partial charge is 0.0195 e. The summed E-state index contributed by atoms with van der Waals surface area (Å²) in [5, 5.41) is 3.66. The molecule has 0 aromatic rings.